The molecule has 0 atom stereocenters. The first-order valence-corrected chi connectivity index (χ1v) is 12.2. The van der Waals surface area contributed by atoms with Crippen molar-refractivity contribution in [1.29, 1.82) is 0 Å². The summed E-state index contributed by atoms with van der Waals surface area (Å²) in [5.41, 5.74) is 2.12. The number of aromatic nitrogens is 2. The Morgan fingerprint density at radius 3 is 2.52 bits per heavy atom. The van der Waals surface area contributed by atoms with Crippen molar-refractivity contribution in [3.63, 3.8) is 0 Å². The molecule has 8 heteroatoms. The highest BCUT2D eigenvalue weighted by Gasteiger charge is 2.33. The topological polar surface area (TPSA) is 78.4 Å². The lowest BCUT2D eigenvalue weighted by atomic mass is 9.90. The molecule has 3 heterocycles. The first-order chi connectivity index (χ1) is 15.1. The second kappa shape index (κ2) is 10.1. The van der Waals surface area contributed by atoms with E-state index in [1.165, 1.54) is 5.56 Å². The lowest BCUT2D eigenvalue weighted by Gasteiger charge is -2.38. The lowest BCUT2D eigenvalue weighted by Crippen LogP contribution is -2.52. The van der Waals surface area contributed by atoms with Gasteiger partial charge in [0.1, 0.15) is 0 Å². The third-order valence-electron chi connectivity index (χ3n) is 6.12. The van der Waals surface area contributed by atoms with Crippen molar-refractivity contribution < 1.29 is 9.59 Å². The number of carbonyl (C=O) groups excluding carboxylic acids is 2. The number of nitrogens with one attached hydrogen (secondary N) is 1. The molecule has 2 saturated heterocycles. The summed E-state index contributed by atoms with van der Waals surface area (Å²) in [6.45, 7) is 3.07. The van der Waals surface area contributed by atoms with E-state index in [9.17, 15) is 9.59 Å². The maximum Gasteiger partial charge on any atom is 0.232 e. The second-order valence-electron chi connectivity index (χ2n) is 8.33. The molecule has 2 aliphatic rings. The summed E-state index contributed by atoms with van der Waals surface area (Å²) in [5.74, 6) is 2.29. The zero-order chi connectivity index (χ0) is 21.6. The van der Waals surface area contributed by atoms with Crippen LogP contribution in [0.25, 0.3) is 0 Å². The molecule has 2 amide bonds. The average molecular weight is 440 g/mol. The number of nitrogens with zero attached hydrogens (tertiary/aromatic N) is 4. The minimum Gasteiger partial charge on any atom is -0.353 e. The maximum atomic E-state index is 12.5. The Kier molecular flexibility index (Phi) is 7.06. The standard InChI is InChI=1S/C23H29N5O2S/c1-31-16-22(29)27-11-8-18(9-12-27)13-17-4-6-20(7-5-17)25-23(30)19-14-28(15-19)21-3-2-10-24-26-21/h2-7,10,18-19H,8-9,11-16H2,1H3,(H,25,30). The largest absolute Gasteiger partial charge is 0.353 e. The van der Waals surface area contributed by atoms with E-state index < -0.39 is 0 Å². The molecule has 0 radical (unpaired) electrons. The first kappa shape index (κ1) is 21.6. The van der Waals surface area contributed by atoms with E-state index in [2.05, 4.69) is 32.5 Å². The van der Waals surface area contributed by atoms with Crippen LogP contribution in [0.3, 0.4) is 0 Å². The van der Waals surface area contributed by atoms with Crippen LogP contribution in [-0.4, -0.2) is 65.1 Å². The summed E-state index contributed by atoms with van der Waals surface area (Å²) in [7, 11) is 0. The number of thioether (sulfide) groups is 1. The predicted octanol–water partition coefficient (Wildman–Crippen LogP) is 2.70. The molecule has 1 N–H and O–H groups in total. The molecule has 4 rings (SSSR count). The average Bonchev–Trinajstić information content (AvgIpc) is 2.75. The lowest BCUT2D eigenvalue weighted by molar-refractivity contribution is -0.129. The van der Waals surface area contributed by atoms with Gasteiger partial charge in [-0.1, -0.05) is 12.1 Å². The summed E-state index contributed by atoms with van der Waals surface area (Å²) < 4.78 is 0. The minimum atomic E-state index is -0.0271. The van der Waals surface area contributed by atoms with Gasteiger partial charge in [0, 0.05) is 38.1 Å². The van der Waals surface area contributed by atoms with E-state index in [0.717, 1.165) is 43.9 Å². The van der Waals surface area contributed by atoms with Crippen molar-refractivity contribution in [2.24, 2.45) is 11.8 Å². The Labute approximate surface area is 187 Å². The highest BCUT2D eigenvalue weighted by atomic mass is 32.2. The molecule has 0 spiro atoms. The molecular weight excluding hydrogens is 410 g/mol. The predicted molar refractivity (Wildman–Crippen MR) is 124 cm³/mol. The van der Waals surface area contributed by atoms with E-state index in [-0.39, 0.29) is 17.7 Å². The van der Waals surface area contributed by atoms with Crippen molar-refractivity contribution in [2.45, 2.75) is 19.3 Å². The smallest absolute Gasteiger partial charge is 0.232 e. The number of likely N-dealkylation sites (tertiary alicyclic amines) is 1. The highest BCUT2D eigenvalue weighted by molar-refractivity contribution is 7.99. The van der Waals surface area contributed by atoms with Crippen LogP contribution < -0.4 is 10.2 Å². The van der Waals surface area contributed by atoms with Crippen molar-refractivity contribution in [2.75, 3.05) is 48.4 Å². The minimum absolute atomic E-state index is 0.0271. The second-order valence-corrected chi connectivity index (χ2v) is 9.20. The number of amides is 2. The third kappa shape index (κ3) is 5.55. The summed E-state index contributed by atoms with van der Waals surface area (Å²) in [4.78, 5) is 28.6. The number of hydrogen-bond donors (Lipinski definition) is 1. The summed E-state index contributed by atoms with van der Waals surface area (Å²) in [6, 6.07) is 11.9. The fourth-order valence-corrected chi connectivity index (χ4v) is 4.63. The van der Waals surface area contributed by atoms with Gasteiger partial charge in [-0.2, -0.15) is 16.9 Å². The van der Waals surface area contributed by atoms with E-state index in [1.54, 1.807) is 18.0 Å². The van der Waals surface area contributed by atoms with Gasteiger partial charge in [0.15, 0.2) is 5.82 Å². The van der Waals surface area contributed by atoms with E-state index in [0.29, 0.717) is 24.8 Å². The van der Waals surface area contributed by atoms with Gasteiger partial charge in [0.05, 0.1) is 11.7 Å². The van der Waals surface area contributed by atoms with E-state index in [1.807, 2.05) is 35.4 Å². The zero-order valence-corrected chi connectivity index (χ0v) is 18.7. The Hall–Kier alpha value is -2.61. The number of benzene rings is 1. The van der Waals surface area contributed by atoms with Crippen LogP contribution >= 0.6 is 11.8 Å². The normalized spacial score (nSPS) is 17.3. The van der Waals surface area contributed by atoms with Crippen LogP contribution in [-0.2, 0) is 16.0 Å². The molecule has 164 valence electrons. The molecule has 2 aliphatic heterocycles. The number of rotatable bonds is 7. The van der Waals surface area contributed by atoms with Gasteiger partial charge < -0.3 is 15.1 Å². The molecule has 0 unspecified atom stereocenters. The van der Waals surface area contributed by atoms with Crippen LogP contribution in [0, 0.1) is 11.8 Å². The Balaban J connectivity index is 1.20. The molecule has 0 aliphatic carbocycles. The zero-order valence-electron chi connectivity index (χ0n) is 17.9. The van der Waals surface area contributed by atoms with Crippen molar-refractivity contribution in [3.8, 4) is 0 Å². The fraction of sp³-hybridized carbons (Fsp3) is 0.478. The van der Waals surface area contributed by atoms with Crippen molar-refractivity contribution >= 4 is 35.1 Å². The molecular formula is C23H29N5O2S. The molecule has 31 heavy (non-hydrogen) atoms. The van der Waals surface area contributed by atoms with Gasteiger partial charge in [-0.05, 0) is 61.3 Å². The SMILES string of the molecule is CSCC(=O)N1CCC(Cc2ccc(NC(=O)C3CN(c4cccnn4)C3)cc2)CC1. The summed E-state index contributed by atoms with van der Waals surface area (Å²) in [6.07, 6.45) is 6.75. The van der Waals surface area contributed by atoms with Gasteiger partial charge in [-0.25, -0.2) is 0 Å². The van der Waals surface area contributed by atoms with Gasteiger partial charge >= 0.3 is 0 Å². The summed E-state index contributed by atoms with van der Waals surface area (Å²) in [5, 5.41) is 11.0. The van der Waals surface area contributed by atoms with E-state index >= 15 is 0 Å². The summed E-state index contributed by atoms with van der Waals surface area (Å²) >= 11 is 1.59. The van der Waals surface area contributed by atoms with Crippen LogP contribution in [0.5, 0.6) is 0 Å². The molecule has 0 bridgehead atoms. The van der Waals surface area contributed by atoms with Gasteiger partial charge in [0.25, 0.3) is 0 Å². The highest BCUT2D eigenvalue weighted by Crippen LogP contribution is 2.25. The first-order valence-electron chi connectivity index (χ1n) is 10.8. The van der Waals surface area contributed by atoms with E-state index in [4.69, 9.17) is 0 Å². The maximum absolute atomic E-state index is 12.5. The molecule has 2 aromatic rings. The number of piperidine rings is 1. The molecule has 2 fully saturated rings. The number of hydrogen-bond acceptors (Lipinski definition) is 6. The van der Waals surface area contributed by atoms with Crippen LogP contribution in [0.2, 0.25) is 0 Å². The molecule has 7 nitrogen and oxygen atoms in total. The Morgan fingerprint density at radius 1 is 1.13 bits per heavy atom. The van der Waals surface area contributed by atoms with Crippen molar-refractivity contribution in [3.05, 3.63) is 48.2 Å². The third-order valence-corrected chi connectivity index (χ3v) is 6.65. The molecule has 1 aromatic heterocycles. The molecule has 1 aromatic carbocycles. The number of carbonyl (C=O) groups is 2. The Bertz CT molecular complexity index is 879. The fourth-order valence-electron chi connectivity index (χ4n) is 4.20. The van der Waals surface area contributed by atoms with Gasteiger partial charge in [-0.15, -0.1) is 5.10 Å². The van der Waals surface area contributed by atoms with Gasteiger partial charge in [0.2, 0.25) is 11.8 Å². The molecule has 0 saturated carbocycles. The van der Waals surface area contributed by atoms with Crippen LogP contribution in [0.15, 0.2) is 42.6 Å². The van der Waals surface area contributed by atoms with Crippen LogP contribution in [0.4, 0.5) is 11.5 Å². The number of anilines is 2. The quantitative estimate of drug-likeness (QED) is 0.715. The monoisotopic (exact) mass is 439 g/mol. The van der Waals surface area contributed by atoms with Crippen molar-refractivity contribution in [1.82, 2.24) is 15.1 Å². The van der Waals surface area contributed by atoms with Crippen LogP contribution in [0.1, 0.15) is 18.4 Å². The van der Waals surface area contributed by atoms with Gasteiger partial charge in [-0.3, -0.25) is 9.59 Å². The Morgan fingerprint density at radius 2 is 1.87 bits per heavy atom.